The summed E-state index contributed by atoms with van der Waals surface area (Å²) in [6, 6.07) is 14.9. The number of halogens is 1. The molecular formula is C19H18BrNO3. The van der Waals surface area contributed by atoms with E-state index in [1.807, 2.05) is 18.2 Å². The van der Waals surface area contributed by atoms with Crippen LogP contribution in [0.15, 0.2) is 53.0 Å². The predicted octanol–water partition coefficient (Wildman–Crippen LogP) is 3.61. The molecule has 2 aromatic rings. The van der Waals surface area contributed by atoms with Gasteiger partial charge in [-0.2, -0.15) is 0 Å². The molecule has 5 heteroatoms. The lowest BCUT2D eigenvalue weighted by Crippen LogP contribution is -2.27. The third kappa shape index (κ3) is 4.03. The highest BCUT2D eigenvalue weighted by atomic mass is 79.9. The Kier molecular flexibility index (Phi) is 5.00. The highest BCUT2D eigenvalue weighted by Crippen LogP contribution is 2.47. The summed E-state index contributed by atoms with van der Waals surface area (Å²) in [4.78, 5) is 23.2. The van der Waals surface area contributed by atoms with Crippen LogP contribution in [-0.2, 0) is 11.2 Å². The normalized spacial score (nSPS) is 18.9. The number of hydrogen-bond donors (Lipinski definition) is 2. The zero-order valence-corrected chi connectivity index (χ0v) is 14.6. The number of carbonyl (C=O) groups is 2. The maximum Gasteiger partial charge on any atom is 0.335 e. The maximum absolute atomic E-state index is 12.2. The summed E-state index contributed by atoms with van der Waals surface area (Å²) in [5.41, 5.74) is 2.39. The molecule has 1 amide bonds. The fraction of sp³-hybridized carbons (Fsp3) is 0.263. The molecule has 0 saturated heterocycles. The van der Waals surface area contributed by atoms with Crippen molar-refractivity contribution in [2.75, 3.05) is 6.54 Å². The summed E-state index contributed by atoms with van der Waals surface area (Å²) in [5, 5.41) is 11.9. The number of nitrogens with one attached hydrogen (secondary N) is 1. The minimum atomic E-state index is -0.934. The fourth-order valence-corrected chi connectivity index (χ4v) is 3.15. The zero-order valence-electron chi connectivity index (χ0n) is 13.0. The Balaban J connectivity index is 1.48. The third-order valence-electron chi connectivity index (χ3n) is 4.31. The number of carboxylic acid groups (broad SMARTS) is 1. The van der Waals surface area contributed by atoms with Gasteiger partial charge in [0.25, 0.3) is 0 Å². The monoisotopic (exact) mass is 387 g/mol. The van der Waals surface area contributed by atoms with E-state index in [1.165, 1.54) is 5.56 Å². The van der Waals surface area contributed by atoms with Gasteiger partial charge in [-0.15, -0.1) is 0 Å². The van der Waals surface area contributed by atoms with Crippen LogP contribution in [0.3, 0.4) is 0 Å². The molecule has 1 aliphatic rings. The average Bonchev–Trinajstić information content (AvgIpc) is 3.36. The van der Waals surface area contributed by atoms with Crippen LogP contribution in [0.5, 0.6) is 0 Å². The first-order valence-corrected chi connectivity index (χ1v) is 8.69. The number of aromatic carboxylic acids is 1. The minimum Gasteiger partial charge on any atom is -0.478 e. The Labute approximate surface area is 149 Å². The van der Waals surface area contributed by atoms with Gasteiger partial charge in [0.2, 0.25) is 5.91 Å². The second-order valence-corrected chi connectivity index (χ2v) is 6.96. The Morgan fingerprint density at radius 1 is 1.17 bits per heavy atom. The molecule has 0 radical (unpaired) electrons. The lowest BCUT2D eigenvalue weighted by molar-refractivity contribution is -0.122. The number of hydrogen-bond acceptors (Lipinski definition) is 2. The highest BCUT2D eigenvalue weighted by Gasteiger charge is 2.43. The van der Waals surface area contributed by atoms with Gasteiger partial charge in [-0.1, -0.05) is 40.2 Å². The molecule has 1 aliphatic carbocycles. The van der Waals surface area contributed by atoms with Gasteiger partial charge in [0.15, 0.2) is 0 Å². The summed E-state index contributed by atoms with van der Waals surface area (Å²) in [6.07, 6.45) is 1.52. The molecule has 1 saturated carbocycles. The van der Waals surface area contributed by atoms with Gasteiger partial charge in [0.1, 0.15) is 0 Å². The van der Waals surface area contributed by atoms with E-state index in [0.717, 1.165) is 16.5 Å². The van der Waals surface area contributed by atoms with Gasteiger partial charge in [-0.05, 0) is 54.2 Å². The van der Waals surface area contributed by atoms with Crippen LogP contribution in [0, 0.1) is 5.92 Å². The van der Waals surface area contributed by atoms with Gasteiger partial charge in [0, 0.05) is 16.9 Å². The summed E-state index contributed by atoms with van der Waals surface area (Å²) in [6.45, 7) is 0.519. The molecule has 2 atom stereocenters. The second kappa shape index (κ2) is 7.18. The molecule has 124 valence electrons. The Morgan fingerprint density at radius 2 is 1.92 bits per heavy atom. The van der Waals surface area contributed by atoms with Crippen molar-refractivity contribution in [3.8, 4) is 0 Å². The van der Waals surface area contributed by atoms with Crippen LogP contribution in [0.25, 0.3) is 0 Å². The molecule has 2 unspecified atom stereocenters. The third-order valence-corrected chi connectivity index (χ3v) is 4.84. The quantitative estimate of drug-likeness (QED) is 0.795. The van der Waals surface area contributed by atoms with E-state index in [-0.39, 0.29) is 17.4 Å². The van der Waals surface area contributed by atoms with Crippen molar-refractivity contribution >= 4 is 27.8 Å². The highest BCUT2D eigenvalue weighted by molar-refractivity contribution is 9.10. The lowest BCUT2D eigenvalue weighted by Gasteiger charge is -2.06. The Hall–Kier alpha value is -2.14. The van der Waals surface area contributed by atoms with Crippen molar-refractivity contribution in [2.45, 2.75) is 18.8 Å². The van der Waals surface area contributed by atoms with Crippen molar-refractivity contribution in [2.24, 2.45) is 5.92 Å². The SMILES string of the molecule is O=C(O)c1cccc(CCNC(=O)C2CC2c2ccc(Br)cc2)c1. The van der Waals surface area contributed by atoms with Crippen molar-refractivity contribution < 1.29 is 14.7 Å². The minimum absolute atomic E-state index is 0.0523. The van der Waals surface area contributed by atoms with E-state index in [1.54, 1.807) is 18.2 Å². The van der Waals surface area contributed by atoms with Crippen molar-refractivity contribution in [1.82, 2.24) is 5.32 Å². The van der Waals surface area contributed by atoms with E-state index < -0.39 is 5.97 Å². The summed E-state index contributed by atoms with van der Waals surface area (Å²) >= 11 is 3.41. The topological polar surface area (TPSA) is 66.4 Å². The molecule has 0 bridgehead atoms. The smallest absolute Gasteiger partial charge is 0.335 e. The number of amides is 1. The first-order chi connectivity index (χ1) is 11.5. The second-order valence-electron chi connectivity index (χ2n) is 6.05. The number of carboxylic acids is 1. The Morgan fingerprint density at radius 3 is 2.62 bits per heavy atom. The number of benzene rings is 2. The van der Waals surface area contributed by atoms with Crippen LogP contribution >= 0.6 is 15.9 Å². The van der Waals surface area contributed by atoms with E-state index in [4.69, 9.17) is 5.11 Å². The molecule has 2 N–H and O–H groups in total. The van der Waals surface area contributed by atoms with Crippen LogP contribution in [0.1, 0.15) is 33.8 Å². The molecule has 24 heavy (non-hydrogen) atoms. The molecule has 0 heterocycles. The average molecular weight is 388 g/mol. The molecular weight excluding hydrogens is 370 g/mol. The van der Waals surface area contributed by atoms with Crippen LogP contribution in [-0.4, -0.2) is 23.5 Å². The van der Waals surface area contributed by atoms with Gasteiger partial charge >= 0.3 is 5.97 Å². The van der Waals surface area contributed by atoms with Crippen molar-refractivity contribution in [3.63, 3.8) is 0 Å². The molecule has 0 aliphatic heterocycles. The maximum atomic E-state index is 12.2. The first-order valence-electron chi connectivity index (χ1n) is 7.90. The fourth-order valence-electron chi connectivity index (χ4n) is 2.88. The van der Waals surface area contributed by atoms with Gasteiger partial charge < -0.3 is 10.4 Å². The summed E-state index contributed by atoms with van der Waals surface area (Å²) in [5.74, 6) is -0.488. The Bertz CT molecular complexity index is 757. The van der Waals surface area contributed by atoms with Gasteiger partial charge in [0.05, 0.1) is 5.56 Å². The standard InChI is InChI=1S/C19H18BrNO3/c20-15-6-4-13(5-7-15)16-11-17(16)18(22)21-9-8-12-2-1-3-14(10-12)19(23)24/h1-7,10,16-17H,8-9,11H2,(H,21,22)(H,23,24). The summed E-state index contributed by atoms with van der Waals surface area (Å²) in [7, 11) is 0. The van der Waals surface area contributed by atoms with Crippen molar-refractivity contribution in [3.05, 3.63) is 69.7 Å². The first kappa shape index (κ1) is 16.7. The van der Waals surface area contributed by atoms with E-state index in [9.17, 15) is 9.59 Å². The number of carbonyl (C=O) groups excluding carboxylic acids is 1. The molecule has 1 fully saturated rings. The molecule has 0 spiro atoms. The van der Waals surface area contributed by atoms with Crippen molar-refractivity contribution in [1.29, 1.82) is 0 Å². The van der Waals surface area contributed by atoms with Crippen LogP contribution in [0.2, 0.25) is 0 Å². The zero-order chi connectivity index (χ0) is 17.1. The molecule has 3 rings (SSSR count). The van der Waals surface area contributed by atoms with E-state index >= 15 is 0 Å². The summed E-state index contributed by atoms with van der Waals surface area (Å²) < 4.78 is 1.04. The van der Waals surface area contributed by atoms with Gasteiger partial charge in [-0.25, -0.2) is 4.79 Å². The molecule has 2 aromatic carbocycles. The van der Waals surface area contributed by atoms with Gasteiger partial charge in [-0.3, -0.25) is 4.79 Å². The van der Waals surface area contributed by atoms with Crippen LogP contribution in [0.4, 0.5) is 0 Å². The van der Waals surface area contributed by atoms with Crippen LogP contribution < -0.4 is 5.32 Å². The molecule has 4 nitrogen and oxygen atoms in total. The van der Waals surface area contributed by atoms with E-state index in [0.29, 0.717) is 18.9 Å². The lowest BCUT2D eigenvalue weighted by atomic mass is 10.1. The van der Waals surface area contributed by atoms with E-state index in [2.05, 4.69) is 33.4 Å². The predicted molar refractivity (Wildman–Crippen MR) is 95.1 cm³/mol. The largest absolute Gasteiger partial charge is 0.478 e. The number of rotatable bonds is 6. The molecule has 0 aromatic heterocycles.